The number of carboxylic acid groups (broad SMARTS) is 1. The molecule has 0 amide bonds. The van der Waals surface area contributed by atoms with Crippen molar-refractivity contribution in [2.24, 2.45) is 0 Å². The summed E-state index contributed by atoms with van der Waals surface area (Å²) in [5.41, 5.74) is 3.55. The summed E-state index contributed by atoms with van der Waals surface area (Å²) in [5, 5.41) is 7.96. The van der Waals surface area contributed by atoms with Crippen LogP contribution in [0.15, 0.2) is 0 Å². The number of fused-ring (bicyclic) bond motifs is 1. The third-order valence-corrected chi connectivity index (χ3v) is 11.2. The zero-order valence-corrected chi connectivity index (χ0v) is 25.0. The average molecular weight is 561 g/mol. The monoisotopic (exact) mass is 560 g/mol. The summed E-state index contributed by atoms with van der Waals surface area (Å²) in [7, 11) is -6.36. The van der Waals surface area contributed by atoms with E-state index in [1.54, 1.807) is 6.92 Å². The van der Waals surface area contributed by atoms with Gasteiger partial charge >= 0.3 is 5.97 Å². The molecule has 0 aromatic heterocycles. The fraction of sp³-hybridized carbons (Fsp3) is 0.741. The first-order chi connectivity index (χ1) is 17.0. The minimum absolute atomic E-state index is 0.0607. The summed E-state index contributed by atoms with van der Waals surface area (Å²) in [6.45, 7) is 9.77. The van der Waals surface area contributed by atoms with E-state index in [1.165, 1.54) is 12.5 Å². The number of benzene rings is 1. The van der Waals surface area contributed by atoms with Crippen LogP contribution in [-0.2, 0) is 30.9 Å². The van der Waals surface area contributed by atoms with Gasteiger partial charge in [0.1, 0.15) is 36.8 Å². The van der Waals surface area contributed by atoms with Crippen molar-refractivity contribution in [1.82, 2.24) is 0 Å². The highest BCUT2D eigenvalue weighted by atomic mass is 32.2. The van der Waals surface area contributed by atoms with Gasteiger partial charge in [0.25, 0.3) is 0 Å². The van der Waals surface area contributed by atoms with E-state index in [9.17, 15) is 21.6 Å². The standard InChI is InChI=1S/C27H44O8S2/c1-18(36(6,30)31)10-8-11-22(37(7,32)33)12-9-15-27(5)16-13-23-21(4)25(34-17-14-24(28)29)19(2)20(3)26(23)35-27/h18,22H,8-17H2,1-7H3,(H,28,29). The molecule has 1 aromatic rings. The molecule has 1 aliphatic heterocycles. The van der Waals surface area contributed by atoms with E-state index < -0.39 is 41.7 Å². The largest absolute Gasteiger partial charge is 0.492 e. The van der Waals surface area contributed by atoms with Crippen LogP contribution in [-0.4, -0.2) is 63.1 Å². The molecule has 0 saturated heterocycles. The number of hydrogen-bond donors (Lipinski definition) is 1. The maximum Gasteiger partial charge on any atom is 0.306 e. The fourth-order valence-electron chi connectivity index (χ4n) is 5.04. The molecule has 10 heteroatoms. The lowest BCUT2D eigenvalue weighted by Crippen LogP contribution is -2.37. The van der Waals surface area contributed by atoms with Gasteiger partial charge in [-0.15, -0.1) is 0 Å². The van der Waals surface area contributed by atoms with E-state index >= 15 is 0 Å². The molecule has 0 aliphatic carbocycles. The molecule has 0 saturated carbocycles. The van der Waals surface area contributed by atoms with Crippen LogP contribution in [0.5, 0.6) is 11.5 Å². The van der Waals surface area contributed by atoms with E-state index in [-0.39, 0.29) is 13.0 Å². The zero-order valence-electron chi connectivity index (χ0n) is 23.3. The smallest absolute Gasteiger partial charge is 0.306 e. The van der Waals surface area contributed by atoms with Gasteiger partial charge in [0.05, 0.1) is 23.5 Å². The SMILES string of the molecule is Cc1c(C)c2c(c(C)c1OCCC(=O)O)CCC(C)(CCCC(CCCC(C)S(C)(=O)=O)S(C)(=O)=O)O2. The first-order valence-corrected chi connectivity index (χ1v) is 16.9. The van der Waals surface area contributed by atoms with Crippen molar-refractivity contribution in [2.75, 3.05) is 19.1 Å². The Morgan fingerprint density at radius 2 is 1.62 bits per heavy atom. The van der Waals surface area contributed by atoms with Crippen LogP contribution in [0.1, 0.15) is 87.5 Å². The summed E-state index contributed by atoms with van der Waals surface area (Å²) < 4.78 is 60.5. The number of rotatable bonds is 14. The Labute approximate surface area is 223 Å². The average Bonchev–Trinajstić information content (AvgIpc) is 2.77. The molecule has 212 valence electrons. The molecule has 1 heterocycles. The van der Waals surface area contributed by atoms with E-state index in [0.29, 0.717) is 38.5 Å². The van der Waals surface area contributed by atoms with Gasteiger partial charge in [0, 0.05) is 18.1 Å². The maximum absolute atomic E-state index is 12.4. The third kappa shape index (κ3) is 8.60. The van der Waals surface area contributed by atoms with Crippen molar-refractivity contribution < 1.29 is 36.2 Å². The quantitative estimate of drug-likeness (QED) is 0.346. The number of carboxylic acids is 1. The van der Waals surface area contributed by atoms with E-state index in [2.05, 4.69) is 6.92 Å². The molecule has 0 bridgehead atoms. The lowest BCUT2D eigenvalue weighted by molar-refractivity contribution is -0.137. The summed E-state index contributed by atoms with van der Waals surface area (Å²) in [6.07, 6.45) is 7.40. The van der Waals surface area contributed by atoms with Crippen molar-refractivity contribution in [1.29, 1.82) is 0 Å². The second kappa shape index (κ2) is 12.4. The van der Waals surface area contributed by atoms with Crippen molar-refractivity contribution in [3.8, 4) is 11.5 Å². The predicted octanol–water partition coefficient (Wildman–Crippen LogP) is 4.74. The molecule has 0 spiro atoms. The van der Waals surface area contributed by atoms with Crippen molar-refractivity contribution in [3.05, 3.63) is 22.3 Å². The van der Waals surface area contributed by atoms with Crippen LogP contribution in [0, 0.1) is 20.8 Å². The number of ether oxygens (including phenoxy) is 2. The van der Waals surface area contributed by atoms with Gasteiger partial charge in [0.15, 0.2) is 0 Å². The Balaban J connectivity index is 2.06. The molecule has 1 N–H and O–H groups in total. The van der Waals surface area contributed by atoms with Crippen molar-refractivity contribution in [3.63, 3.8) is 0 Å². The van der Waals surface area contributed by atoms with Crippen LogP contribution in [0.4, 0.5) is 0 Å². The van der Waals surface area contributed by atoms with Crippen LogP contribution < -0.4 is 9.47 Å². The van der Waals surface area contributed by atoms with E-state index in [0.717, 1.165) is 46.6 Å². The van der Waals surface area contributed by atoms with Crippen molar-refractivity contribution in [2.45, 2.75) is 109 Å². The third-order valence-electron chi connectivity index (χ3n) is 7.83. The molecule has 1 aromatic carbocycles. The number of carbonyl (C=O) groups is 1. The Morgan fingerprint density at radius 1 is 1.00 bits per heavy atom. The first-order valence-electron chi connectivity index (χ1n) is 13.0. The Morgan fingerprint density at radius 3 is 2.19 bits per heavy atom. The topological polar surface area (TPSA) is 124 Å². The lowest BCUT2D eigenvalue weighted by atomic mass is 9.84. The molecule has 2 rings (SSSR count). The summed E-state index contributed by atoms with van der Waals surface area (Å²) in [4.78, 5) is 10.9. The minimum atomic E-state index is -3.25. The number of hydrogen-bond acceptors (Lipinski definition) is 7. The first kappa shape index (κ1) is 31.4. The Kier molecular flexibility index (Phi) is 10.5. The highest BCUT2D eigenvalue weighted by Crippen LogP contribution is 2.45. The predicted molar refractivity (Wildman–Crippen MR) is 146 cm³/mol. The van der Waals surface area contributed by atoms with Gasteiger partial charge in [-0.3, -0.25) is 4.79 Å². The Hall–Kier alpha value is -1.81. The maximum atomic E-state index is 12.4. The van der Waals surface area contributed by atoms with Crippen LogP contribution in [0.2, 0.25) is 0 Å². The summed E-state index contributed by atoms with van der Waals surface area (Å²) in [5.74, 6) is 0.681. The van der Waals surface area contributed by atoms with Crippen LogP contribution in [0.25, 0.3) is 0 Å². The Bertz CT molecular complexity index is 1190. The van der Waals surface area contributed by atoms with Crippen LogP contribution >= 0.6 is 0 Å². The molecule has 3 unspecified atom stereocenters. The highest BCUT2D eigenvalue weighted by molar-refractivity contribution is 7.91. The second-order valence-corrected chi connectivity index (χ2v) is 15.8. The van der Waals surface area contributed by atoms with Gasteiger partial charge < -0.3 is 14.6 Å². The van der Waals surface area contributed by atoms with Gasteiger partial charge in [0.2, 0.25) is 0 Å². The molecule has 8 nitrogen and oxygen atoms in total. The minimum Gasteiger partial charge on any atom is -0.492 e. The van der Waals surface area contributed by atoms with Gasteiger partial charge in [-0.1, -0.05) is 6.42 Å². The second-order valence-electron chi connectivity index (χ2n) is 11.0. The van der Waals surface area contributed by atoms with Crippen LogP contribution in [0.3, 0.4) is 0 Å². The molecule has 0 radical (unpaired) electrons. The fourth-order valence-corrected chi connectivity index (χ4v) is 6.82. The van der Waals surface area contributed by atoms with E-state index in [1.807, 2.05) is 20.8 Å². The molecule has 1 aliphatic rings. The van der Waals surface area contributed by atoms with E-state index in [4.69, 9.17) is 14.6 Å². The molecular weight excluding hydrogens is 516 g/mol. The van der Waals surface area contributed by atoms with Crippen molar-refractivity contribution >= 4 is 25.6 Å². The van der Waals surface area contributed by atoms with Gasteiger partial charge in [-0.05, 0) is 96.3 Å². The summed E-state index contributed by atoms with van der Waals surface area (Å²) in [6, 6.07) is 0. The lowest BCUT2D eigenvalue weighted by Gasteiger charge is -2.38. The zero-order chi connectivity index (χ0) is 28.2. The molecule has 3 atom stereocenters. The highest BCUT2D eigenvalue weighted by Gasteiger charge is 2.35. The number of sulfone groups is 2. The summed E-state index contributed by atoms with van der Waals surface area (Å²) >= 11 is 0. The molecular formula is C27H44O8S2. The normalized spacial score (nSPS) is 19.5. The molecule has 37 heavy (non-hydrogen) atoms. The van der Waals surface area contributed by atoms with Gasteiger partial charge in [-0.2, -0.15) is 0 Å². The number of aliphatic carboxylic acids is 1. The molecule has 0 fully saturated rings. The van der Waals surface area contributed by atoms with Gasteiger partial charge in [-0.25, -0.2) is 16.8 Å².